The van der Waals surface area contributed by atoms with Crippen LogP contribution in [0.3, 0.4) is 0 Å². The second-order valence-corrected chi connectivity index (χ2v) is 8.77. The van der Waals surface area contributed by atoms with Crippen molar-refractivity contribution < 1.29 is 9.53 Å². The van der Waals surface area contributed by atoms with Gasteiger partial charge in [0, 0.05) is 18.8 Å². The zero-order chi connectivity index (χ0) is 18.9. The third-order valence-electron chi connectivity index (χ3n) is 6.38. The van der Waals surface area contributed by atoms with Crippen molar-refractivity contribution in [2.45, 2.75) is 62.2 Å². The second-order valence-electron chi connectivity index (χ2n) is 8.00. The molecule has 3 heterocycles. The van der Waals surface area contributed by atoms with Gasteiger partial charge in [0.2, 0.25) is 0 Å². The maximum Gasteiger partial charge on any atom is 0.257 e. The van der Waals surface area contributed by atoms with E-state index in [4.69, 9.17) is 4.74 Å². The van der Waals surface area contributed by atoms with Gasteiger partial charge in [-0.1, -0.05) is 24.6 Å². The standard InChI is InChI=1S/C20H30N4O2S/c1-15-16(13-21-19(22-15)27-2)18(25)24-11-12-26-20(14-24)8-4-3-7-17(20)23-9-5-6-10-23/h13,17H,3-12,14H2,1-2H3/t17-,20-/m1/s1. The van der Waals surface area contributed by atoms with E-state index in [1.807, 2.05) is 18.1 Å². The van der Waals surface area contributed by atoms with Crippen molar-refractivity contribution in [3.8, 4) is 0 Å². The fraction of sp³-hybridized carbons (Fsp3) is 0.750. The van der Waals surface area contributed by atoms with Gasteiger partial charge in [-0.05, 0) is 52.0 Å². The van der Waals surface area contributed by atoms with E-state index in [1.54, 1.807) is 6.20 Å². The van der Waals surface area contributed by atoms with Gasteiger partial charge in [0.25, 0.3) is 5.91 Å². The number of carbonyl (C=O) groups is 1. The summed E-state index contributed by atoms with van der Waals surface area (Å²) in [7, 11) is 0. The van der Waals surface area contributed by atoms with Gasteiger partial charge in [-0.2, -0.15) is 0 Å². The Morgan fingerprint density at radius 3 is 2.81 bits per heavy atom. The summed E-state index contributed by atoms with van der Waals surface area (Å²) in [5.74, 6) is 0.0496. The summed E-state index contributed by atoms with van der Waals surface area (Å²) in [4.78, 5) is 26.6. The van der Waals surface area contributed by atoms with Gasteiger partial charge in [0.15, 0.2) is 5.16 Å². The minimum absolute atomic E-state index is 0.0496. The van der Waals surface area contributed by atoms with Crippen LogP contribution in [0.25, 0.3) is 0 Å². The van der Waals surface area contributed by atoms with E-state index < -0.39 is 0 Å². The molecule has 3 aliphatic rings. The molecular weight excluding hydrogens is 360 g/mol. The summed E-state index contributed by atoms with van der Waals surface area (Å²) in [5.41, 5.74) is 1.18. The average molecular weight is 391 g/mol. The largest absolute Gasteiger partial charge is 0.370 e. The molecule has 1 aromatic rings. The van der Waals surface area contributed by atoms with E-state index in [1.165, 1.54) is 57.0 Å². The minimum atomic E-state index is -0.204. The number of hydrogen-bond donors (Lipinski definition) is 0. The summed E-state index contributed by atoms with van der Waals surface area (Å²) >= 11 is 1.50. The Labute approximate surface area is 166 Å². The summed E-state index contributed by atoms with van der Waals surface area (Å²) in [6, 6.07) is 0.445. The van der Waals surface area contributed by atoms with Crippen LogP contribution in [-0.4, -0.2) is 76.4 Å². The van der Waals surface area contributed by atoms with Crippen molar-refractivity contribution in [2.75, 3.05) is 39.0 Å². The van der Waals surface area contributed by atoms with Crippen molar-refractivity contribution in [1.82, 2.24) is 19.8 Å². The van der Waals surface area contributed by atoms with Crippen LogP contribution in [0.2, 0.25) is 0 Å². The Bertz CT molecular complexity index is 691. The highest BCUT2D eigenvalue weighted by Crippen LogP contribution is 2.39. The minimum Gasteiger partial charge on any atom is -0.370 e. The van der Waals surface area contributed by atoms with Gasteiger partial charge < -0.3 is 9.64 Å². The van der Waals surface area contributed by atoms with Gasteiger partial charge >= 0.3 is 0 Å². The third-order valence-corrected chi connectivity index (χ3v) is 6.94. The lowest BCUT2D eigenvalue weighted by atomic mass is 9.78. The molecule has 1 aliphatic carbocycles. The predicted octanol–water partition coefficient (Wildman–Crippen LogP) is 2.76. The lowest BCUT2D eigenvalue weighted by Crippen LogP contribution is -2.64. The first-order valence-corrected chi connectivity index (χ1v) is 11.4. The number of thioether (sulfide) groups is 1. The number of aryl methyl sites for hydroxylation is 1. The topological polar surface area (TPSA) is 58.6 Å². The molecule has 1 aromatic heterocycles. The Morgan fingerprint density at radius 2 is 2.07 bits per heavy atom. The van der Waals surface area contributed by atoms with Gasteiger partial charge in [-0.15, -0.1) is 0 Å². The van der Waals surface area contributed by atoms with Crippen LogP contribution in [0.1, 0.15) is 54.6 Å². The van der Waals surface area contributed by atoms with Gasteiger partial charge in [-0.25, -0.2) is 9.97 Å². The molecule has 1 saturated carbocycles. The van der Waals surface area contributed by atoms with Crippen LogP contribution in [0.15, 0.2) is 11.4 Å². The first kappa shape index (κ1) is 19.2. The van der Waals surface area contributed by atoms with Gasteiger partial charge in [0.1, 0.15) is 5.60 Å². The van der Waals surface area contributed by atoms with E-state index in [9.17, 15) is 4.79 Å². The zero-order valence-corrected chi connectivity index (χ0v) is 17.3. The van der Waals surface area contributed by atoms with E-state index >= 15 is 0 Å². The van der Waals surface area contributed by atoms with Crippen LogP contribution >= 0.6 is 11.8 Å². The van der Waals surface area contributed by atoms with Gasteiger partial charge in [-0.3, -0.25) is 9.69 Å². The number of carbonyl (C=O) groups excluding carboxylic acids is 1. The first-order chi connectivity index (χ1) is 13.1. The van der Waals surface area contributed by atoms with Crippen LogP contribution in [0.4, 0.5) is 0 Å². The van der Waals surface area contributed by atoms with Gasteiger partial charge in [0.05, 0.1) is 24.4 Å². The second kappa shape index (κ2) is 8.05. The molecular formula is C20H30N4O2S. The molecule has 6 nitrogen and oxygen atoms in total. The molecule has 3 fully saturated rings. The maximum absolute atomic E-state index is 13.2. The summed E-state index contributed by atoms with van der Waals surface area (Å²) < 4.78 is 6.44. The molecule has 0 aromatic carbocycles. The SMILES string of the molecule is CSc1ncc(C(=O)N2CCO[C@]3(CCCC[C@H]3N3CCCC3)C2)c(C)n1. The number of amides is 1. The smallest absolute Gasteiger partial charge is 0.257 e. The monoisotopic (exact) mass is 390 g/mol. The predicted molar refractivity (Wildman–Crippen MR) is 106 cm³/mol. The average Bonchev–Trinajstić information content (AvgIpc) is 3.22. The highest BCUT2D eigenvalue weighted by atomic mass is 32.2. The summed E-state index contributed by atoms with van der Waals surface area (Å²) in [6.07, 6.45) is 10.9. The van der Waals surface area contributed by atoms with Crippen molar-refractivity contribution in [2.24, 2.45) is 0 Å². The molecule has 0 unspecified atom stereocenters. The van der Waals surface area contributed by atoms with Crippen molar-refractivity contribution in [3.05, 3.63) is 17.5 Å². The molecule has 2 atom stereocenters. The third kappa shape index (κ3) is 3.74. The number of morpholine rings is 1. The summed E-state index contributed by atoms with van der Waals surface area (Å²) in [6.45, 7) is 6.21. The highest BCUT2D eigenvalue weighted by Gasteiger charge is 2.48. The fourth-order valence-corrected chi connectivity index (χ4v) is 5.40. The number of likely N-dealkylation sites (tertiary alicyclic amines) is 1. The molecule has 2 aliphatic heterocycles. The fourth-order valence-electron chi connectivity index (χ4n) is 5.02. The molecule has 0 radical (unpaired) electrons. The first-order valence-electron chi connectivity index (χ1n) is 10.2. The van der Waals surface area contributed by atoms with Crippen molar-refractivity contribution in [1.29, 1.82) is 0 Å². The molecule has 27 heavy (non-hydrogen) atoms. The van der Waals surface area contributed by atoms with Crippen LogP contribution < -0.4 is 0 Å². The Hall–Kier alpha value is -1.18. The normalized spacial score (nSPS) is 29.4. The Kier molecular flexibility index (Phi) is 5.71. The Morgan fingerprint density at radius 1 is 1.26 bits per heavy atom. The highest BCUT2D eigenvalue weighted by molar-refractivity contribution is 7.98. The molecule has 7 heteroatoms. The van der Waals surface area contributed by atoms with E-state index in [0.717, 1.165) is 12.1 Å². The lowest BCUT2D eigenvalue weighted by molar-refractivity contribution is -0.156. The number of hydrogen-bond acceptors (Lipinski definition) is 6. The van der Waals surface area contributed by atoms with E-state index in [-0.39, 0.29) is 11.5 Å². The molecule has 1 amide bonds. The molecule has 1 spiro atoms. The van der Waals surface area contributed by atoms with Crippen LogP contribution in [-0.2, 0) is 4.74 Å². The Balaban J connectivity index is 1.55. The molecule has 4 rings (SSSR count). The molecule has 148 valence electrons. The number of aromatic nitrogens is 2. The quantitative estimate of drug-likeness (QED) is 0.584. The summed E-state index contributed by atoms with van der Waals surface area (Å²) in [5, 5.41) is 0.712. The maximum atomic E-state index is 13.2. The molecule has 0 bridgehead atoms. The lowest BCUT2D eigenvalue weighted by Gasteiger charge is -2.52. The molecule has 2 saturated heterocycles. The van der Waals surface area contributed by atoms with E-state index in [2.05, 4.69) is 14.9 Å². The number of rotatable bonds is 3. The van der Waals surface area contributed by atoms with Crippen LogP contribution in [0, 0.1) is 6.92 Å². The van der Waals surface area contributed by atoms with Crippen molar-refractivity contribution in [3.63, 3.8) is 0 Å². The number of ether oxygens (including phenoxy) is 1. The van der Waals surface area contributed by atoms with Crippen LogP contribution in [0.5, 0.6) is 0 Å². The number of nitrogens with zero attached hydrogens (tertiary/aromatic N) is 4. The molecule has 0 N–H and O–H groups in total. The van der Waals surface area contributed by atoms with Crippen molar-refractivity contribution >= 4 is 17.7 Å². The van der Waals surface area contributed by atoms with E-state index in [0.29, 0.717) is 36.5 Å². The zero-order valence-electron chi connectivity index (χ0n) is 16.4.